The molecule has 0 bridgehead atoms. The van der Waals surface area contributed by atoms with Crippen molar-refractivity contribution in [2.75, 3.05) is 56.7 Å². The summed E-state index contributed by atoms with van der Waals surface area (Å²) in [6, 6.07) is 5.77. The summed E-state index contributed by atoms with van der Waals surface area (Å²) in [5.41, 5.74) is 5.30. The lowest BCUT2D eigenvalue weighted by molar-refractivity contribution is 0.0997. The molecule has 12 heteroatoms. The molecule has 0 radical (unpaired) electrons. The first-order chi connectivity index (χ1) is 14.8. The maximum absolute atomic E-state index is 12.6. The van der Waals surface area contributed by atoms with Crippen LogP contribution in [0.25, 0.3) is 0 Å². The van der Waals surface area contributed by atoms with Crippen molar-refractivity contribution in [2.45, 2.75) is 11.8 Å². The van der Waals surface area contributed by atoms with Gasteiger partial charge in [0, 0.05) is 32.2 Å². The van der Waals surface area contributed by atoms with Crippen LogP contribution in [0.4, 0.5) is 11.6 Å². The van der Waals surface area contributed by atoms with Crippen LogP contribution in [0.5, 0.6) is 5.75 Å². The Bertz CT molecular complexity index is 1040. The standard InChI is InChI=1S/C19H26N6O5S/c1-13-23-17(12-18(24-13)25-7-9-30-10-8-25)21-5-6-22-31(27,28)14-3-4-16(29-2)15(11-14)19(20)26/h3-4,11-12,22H,5-10H2,1-2H3,(H2,20,26)(H,21,23,24). The minimum atomic E-state index is -3.84. The van der Waals surface area contributed by atoms with Crippen LogP contribution in [0.1, 0.15) is 16.2 Å². The molecule has 1 aromatic heterocycles. The number of hydrogen-bond acceptors (Lipinski definition) is 9. The van der Waals surface area contributed by atoms with Crippen molar-refractivity contribution >= 4 is 27.6 Å². The first-order valence-electron chi connectivity index (χ1n) is 9.70. The van der Waals surface area contributed by atoms with Gasteiger partial charge in [-0.3, -0.25) is 4.79 Å². The van der Waals surface area contributed by atoms with Gasteiger partial charge >= 0.3 is 0 Å². The molecule has 1 fully saturated rings. The minimum absolute atomic E-state index is 0.00407. The first kappa shape index (κ1) is 22.7. The molecule has 3 rings (SSSR count). The second-order valence-corrected chi connectivity index (χ2v) is 8.58. The van der Waals surface area contributed by atoms with E-state index >= 15 is 0 Å². The zero-order valence-corrected chi connectivity index (χ0v) is 18.2. The number of primary amides is 1. The van der Waals surface area contributed by atoms with Crippen molar-refractivity contribution in [1.82, 2.24) is 14.7 Å². The fourth-order valence-corrected chi connectivity index (χ4v) is 4.16. The van der Waals surface area contributed by atoms with Crippen molar-refractivity contribution in [3.8, 4) is 5.75 Å². The van der Waals surface area contributed by atoms with Gasteiger partial charge in [-0.05, 0) is 25.1 Å². The number of nitrogens with one attached hydrogen (secondary N) is 2. The monoisotopic (exact) mass is 450 g/mol. The smallest absolute Gasteiger partial charge is 0.252 e. The normalized spacial score (nSPS) is 14.3. The molecular weight excluding hydrogens is 424 g/mol. The highest BCUT2D eigenvalue weighted by molar-refractivity contribution is 7.89. The summed E-state index contributed by atoms with van der Waals surface area (Å²) in [6.45, 7) is 5.02. The number of rotatable bonds is 9. The number of nitrogens with two attached hydrogens (primary N) is 1. The molecule has 168 valence electrons. The Kier molecular flexibility index (Phi) is 7.25. The maximum atomic E-state index is 12.6. The van der Waals surface area contributed by atoms with E-state index in [9.17, 15) is 13.2 Å². The Labute approximate surface area is 181 Å². The van der Waals surface area contributed by atoms with Crippen LogP contribution in [0.3, 0.4) is 0 Å². The van der Waals surface area contributed by atoms with Gasteiger partial charge in [-0.25, -0.2) is 23.1 Å². The highest BCUT2D eigenvalue weighted by Gasteiger charge is 2.18. The number of benzene rings is 1. The van der Waals surface area contributed by atoms with Gasteiger partial charge in [0.25, 0.3) is 5.91 Å². The highest BCUT2D eigenvalue weighted by atomic mass is 32.2. The number of morpholine rings is 1. The molecule has 2 heterocycles. The third kappa shape index (κ3) is 5.81. The van der Waals surface area contributed by atoms with E-state index in [1.807, 2.05) is 6.07 Å². The predicted molar refractivity (Wildman–Crippen MR) is 115 cm³/mol. The first-order valence-corrected chi connectivity index (χ1v) is 11.2. The summed E-state index contributed by atoms with van der Waals surface area (Å²) in [6.07, 6.45) is 0. The fourth-order valence-electron chi connectivity index (χ4n) is 3.10. The van der Waals surface area contributed by atoms with Gasteiger partial charge in [-0.1, -0.05) is 0 Å². The lowest BCUT2D eigenvalue weighted by atomic mass is 10.2. The summed E-state index contributed by atoms with van der Waals surface area (Å²) in [4.78, 5) is 22.4. The van der Waals surface area contributed by atoms with E-state index < -0.39 is 15.9 Å². The van der Waals surface area contributed by atoms with Gasteiger partial charge in [-0.2, -0.15) is 0 Å². The molecule has 0 aliphatic carbocycles. The Morgan fingerprint density at radius 1 is 1.23 bits per heavy atom. The maximum Gasteiger partial charge on any atom is 0.252 e. The number of carbonyl (C=O) groups excluding carboxylic acids is 1. The van der Waals surface area contributed by atoms with Crippen LogP contribution in [-0.2, 0) is 14.8 Å². The largest absolute Gasteiger partial charge is 0.496 e. The molecular formula is C19H26N6O5S. The lowest BCUT2D eigenvalue weighted by Crippen LogP contribution is -2.37. The molecule has 11 nitrogen and oxygen atoms in total. The second-order valence-electron chi connectivity index (χ2n) is 6.81. The second kappa shape index (κ2) is 9.90. The number of anilines is 2. The van der Waals surface area contributed by atoms with Crippen molar-refractivity contribution in [2.24, 2.45) is 5.73 Å². The minimum Gasteiger partial charge on any atom is -0.496 e. The topological polar surface area (TPSA) is 149 Å². The van der Waals surface area contributed by atoms with E-state index in [4.69, 9.17) is 15.2 Å². The summed E-state index contributed by atoms with van der Waals surface area (Å²) < 4.78 is 38.0. The zero-order valence-electron chi connectivity index (χ0n) is 17.4. The van der Waals surface area contributed by atoms with Gasteiger partial charge in [0.05, 0.1) is 30.8 Å². The molecule has 0 saturated carbocycles. The quantitative estimate of drug-likeness (QED) is 0.453. The van der Waals surface area contributed by atoms with E-state index in [1.165, 1.54) is 25.3 Å². The molecule has 0 atom stereocenters. The number of methoxy groups -OCH3 is 1. The Morgan fingerprint density at radius 3 is 2.65 bits per heavy atom. The number of aromatic nitrogens is 2. The number of aryl methyl sites for hydroxylation is 1. The number of ether oxygens (including phenoxy) is 2. The van der Waals surface area contributed by atoms with E-state index in [2.05, 4.69) is 24.9 Å². The molecule has 1 aliphatic heterocycles. The molecule has 31 heavy (non-hydrogen) atoms. The number of carbonyl (C=O) groups is 1. The van der Waals surface area contributed by atoms with Crippen LogP contribution < -0.4 is 25.4 Å². The Hall–Kier alpha value is -2.96. The van der Waals surface area contributed by atoms with E-state index in [0.717, 1.165) is 18.9 Å². The average molecular weight is 451 g/mol. The third-order valence-corrected chi connectivity index (χ3v) is 6.09. The van der Waals surface area contributed by atoms with Gasteiger partial charge in [0.2, 0.25) is 10.0 Å². The van der Waals surface area contributed by atoms with Gasteiger partial charge < -0.3 is 25.4 Å². The summed E-state index contributed by atoms with van der Waals surface area (Å²) in [5.74, 6) is 1.46. The number of sulfonamides is 1. The van der Waals surface area contributed by atoms with Gasteiger partial charge in [0.1, 0.15) is 23.2 Å². The number of nitrogens with zero attached hydrogens (tertiary/aromatic N) is 3. The number of hydrogen-bond donors (Lipinski definition) is 3. The third-order valence-electron chi connectivity index (χ3n) is 4.63. The molecule has 0 spiro atoms. The van der Waals surface area contributed by atoms with Crippen molar-refractivity contribution in [3.05, 3.63) is 35.7 Å². The van der Waals surface area contributed by atoms with E-state index in [-0.39, 0.29) is 22.8 Å². The van der Waals surface area contributed by atoms with Crippen LogP contribution in [0, 0.1) is 6.92 Å². The van der Waals surface area contributed by atoms with Crippen LogP contribution in [0.2, 0.25) is 0 Å². The average Bonchev–Trinajstić information content (AvgIpc) is 2.76. The van der Waals surface area contributed by atoms with Gasteiger partial charge in [0.15, 0.2) is 0 Å². The highest BCUT2D eigenvalue weighted by Crippen LogP contribution is 2.22. The Balaban J connectivity index is 1.61. The van der Waals surface area contributed by atoms with E-state index in [1.54, 1.807) is 6.92 Å². The Morgan fingerprint density at radius 2 is 1.97 bits per heavy atom. The molecule has 1 saturated heterocycles. The summed E-state index contributed by atoms with van der Waals surface area (Å²) >= 11 is 0. The van der Waals surface area contributed by atoms with E-state index in [0.29, 0.717) is 31.4 Å². The van der Waals surface area contributed by atoms with Crippen LogP contribution in [-0.4, -0.2) is 70.8 Å². The molecule has 2 aromatic rings. The molecule has 4 N–H and O–H groups in total. The van der Waals surface area contributed by atoms with Crippen molar-refractivity contribution < 1.29 is 22.7 Å². The van der Waals surface area contributed by atoms with Crippen LogP contribution in [0.15, 0.2) is 29.2 Å². The van der Waals surface area contributed by atoms with Crippen LogP contribution >= 0.6 is 0 Å². The summed E-state index contributed by atoms with van der Waals surface area (Å²) in [7, 11) is -2.46. The van der Waals surface area contributed by atoms with Crippen molar-refractivity contribution in [1.29, 1.82) is 0 Å². The van der Waals surface area contributed by atoms with Crippen molar-refractivity contribution in [3.63, 3.8) is 0 Å². The predicted octanol–water partition coefficient (Wildman–Crippen LogP) is 0.120. The molecule has 1 aromatic carbocycles. The lowest BCUT2D eigenvalue weighted by Gasteiger charge is -2.28. The zero-order chi connectivity index (χ0) is 22.4. The summed E-state index contributed by atoms with van der Waals surface area (Å²) in [5, 5.41) is 3.11. The van der Waals surface area contributed by atoms with Gasteiger partial charge in [-0.15, -0.1) is 0 Å². The fraction of sp³-hybridized carbons (Fsp3) is 0.421. The molecule has 1 aliphatic rings. The number of amides is 1. The SMILES string of the molecule is COc1ccc(S(=O)(=O)NCCNc2cc(N3CCOCC3)nc(C)n2)cc1C(N)=O. The molecule has 1 amide bonds. The molecule has 0 unspecified atom stereocenters.